The van der Waals surface area contributed by atoms with Gasteiger partial charge in [0.05, 0.1) is 0 Å². The Labute approximate surface area is 292 Å². The molecule has 0 unspecified atom stereocenters. The molecule has 1 saturated carbocycles. The Morgan fingerprint density at radius 1 is 0.860 bits per heavy atom. The summed E-state index contributed by atoms with van der Waals surface area (Å²) in [5.74, 6) is -0.0466. The SMILES string of the molecule is CCN1CCN(C(=O)c2ccc(Nc3ncc4cc5n(c4n3)C3(CCCCC3)C(=O)N(C(=O)OC(C)(C)C)N5C(=O)OC(C)(C)C)cc2)CC1. The van der Waals surface area contributed by atoms with Crippen LogP contribution in [0.4, 0.5) is 27.0 Å². The van der Waals surface area contributed by atoms with Crippen molar-refractivity contribution in [2.45, 2.75) is 97.3 Å². The summed E-state index contributed by atoms with van der Waals surface area (Å²) < 4.78 is 13.2. The van der Waals surface area contributed by atoms with Crippen LogP contribution in [-0.2, 0) is 19.8 Å². The second kappa shape index (κ2) is 13.2. The smallest absolute Gasteiger partial charge is 0.437 e. The Balaban J connectivity index is 1.37. The Hall–Kier alpha value is -4.72. The van der Waals surface area contributed by atoms with Crippen molar-refractivity contribution in [3.05, 3.63) is 42.1 Å². The number of nitrogens with zero attached hydrogens (tertiary/aromatic N) is 7. The number of likely N-dealkylation sites (N-methyl/N-ethyl adjacent to an activating group) is 1. The van der Waals surface area contributed by atoms with Crippen molar-refractivity contribution in [3.63, 3.8) is 0 Å². The molecule has 4 amide bonds. The summed E-state index contributed by atoms with van der Waals surface area (Å²) in [5.41, 5.74) is -1.33. The highest BCUT2D eigenvalue weighted by atomic mass is 16.6. The lowest BCUT2D eigenvalue weighted by atomic mass is 9.79. The van der Waals surface area contributed by atoms with Crippen LogP contribution in [0.2, 0.25) is 0 Å². The molecule has 50 heavy (non-hydrogen) atoms. The van der Waals surface area contributed by atoms with Gasteiger partial charge in [-0.2, -0.15) is 9.99 Å². The molecule has 1 N–H and O–H groups in total. The third-order valence-electron chi connectivity index (χ3n) is 9.27. The topological polar surface area (TPSA) is 142 Å². The second-order valence-corrected chi connectivity index (χ2v) is 15.2. The van der Waals surface area contributed by atoms with E-state index in [9.17, 15) is 19.2 Å². The molecule has 14 heteroatoms. The van der Waals surface area contributed by atoms with E-state index in [2.05, 4.69) is 22.1 Å². The van der Waals surface area contributed by atoms with Crippen molar-refractivity contribution in [2.75, 3.05) is 43.0 Å². The minimum atomic E-state index is -1.19. The fourth-order valence-electron chi connectivity index (χ4n) is 6.90. The number of carbonyl (C=O) groups is 4. The van der Waals surface area contributed by atoms with Crippen molar-refractivity contribution in [1.82, 2.24) is 29.3 Å². The number of anilines is 3. The number of hydrazine groups is 1. The summed E-state index contributed by atoms with van der Waals surface area (Å²) in [6, 6.07) is 8.89. The molecule has 3 aromatic rings. The molecule has 4 heterocycles. The predicted octanol–water partition coefficient (Wildman–Crippen LogP) is 6.05. The number of nitrogens with one attached hydrogen (secondary N) is 1. The number of rotatable bonds is 4. The molecule has 0 bridgehead atoms. The third-order valence-corrected chi connectivity index (χ3v) is 9.27. The average molecular weight is 689 g/mol. The number of imide groups is 1. The minimum absolute atomic E-state index is 0.00204. The first-order valence-electron chi connectivity index (χ1n) is 17.5. The van der Waals surface area contributed by atoms with Crippen LogP contribution < -0.4 is 10.3 Å². The maximum Gasteiger partial charge on any atom is 0.437 e. The van der Waals surface area contributed by atoms with Crippen LogP contribution in [0.1, 0.15) is 90.9 Å². The van der Waals surface area contributed by atoms with Crippen LogP contribution >= 0.6 is 0 Å². The highest BCUT2D eigenvalue weighted by Crippen LogP contribution is 2.47. The van der Waals surface area contributed by atoms with Crippen LogP contribution in [0, 0.1) is 0 Å². The van der Waals surface area contributed by atoms with Gasteiger partial charge in [0, 0.05) is 49.0 Å². The van der Waals surface area contributed by atoms with E-state index < -0.39 is 34.8 Å². The van der Waals surface area contributed by atoms with E-state index >= 15 is 0 Å². The van der Waals surface area contributed by atoms with Gasteiger partial charge in [-0.1, -0.05) is 26.2 Å². The van der Waals surface area contributed by atoms with Gasteiger partial charge in [-0.05, 0) is 91.3 Å². The van der Waals surface area contributed by atoms with Crippen molar-refractivity contribution in [1.29, 1.82) is 0 Å². The summed E-state index contributed by atoms with van der Waals surface area (Å²) in [6.07, 6.45) is 3.06. The average Bonchev–Trinajstić information content (AvgIpc) is 3.44. The summed E-state index contributed by atoms with van der Waals surface area (Å²) in [4.78, 5) is 69.1. The van der Waals surface area contributed by atoms with E-state index in [1.54, 1.807) is 70.5 Å². The zero-order valence-corrected chi connectivity index (χ0v) is 30.1. The number of amides is 4. The van der Waals surface area contributed by atoms with Gasteiger partial charge in [0.1, 0.15) is 28.2 Å². The molecule has 2 aliphatic heterocycles. The van der Waals surface area contributed by atoms with Crippen LogP contribution in [0.5, 0.6) is 0 Å². The van der Waals surface area contributed by atoms with Crippen molar-refractivity contribution in [3.8, 4) is 0 Å². The summed E-state index contributed by atoms with van der Waals surface area (Å²) in [6.45, 7) is 16.5. The molecule has 2 aromatic heterocycles. The lowest BCUT2D eigenvalue weighted by Gasteiger charge is -2.48. The van der Waals surface area contributed by atoms with Crippen LogP contribution in [0.15, 0.2) is 36.5 Å². The van der Waals surface area contributed by atoms with E-state index in [-0.39, 0.29) is 17.7 Å². The molecule has 1 aromatic carbocycles. The predicted molar refractivity (Wildman–Crippen MR) is 188 cm³/mol. The fraction of sp³-hybridized carbons (Fsp3) is 0.556. The molecule has 0 radical (unpaired) electrons. The number of fused-ring (bicyclic) bond motifs is 4. The number of piperazine rings is 1. The summed E-state index contributed by atoms with van der Waals surface area (Å²) >= 11 is 0. The second-order valence-electron chi connectivity index (χ2n) is 15.2. The normalized spacial score (nSPS) is 18.3. The number of ether oxygens (including phenoxy) is 2. The highest BCUT2D eigenvalue weighted by Gasteiger charge is 2.56. The first kappa shape index (κ1) is 35.1. The van der Waals surface area contributed by atoms with Crippen LogP contribution in [0.25, 0.3) is 11.0 Å². The van der Waals surface area contributed by atoms with Gasteiger partial charge in [-0.25, -0.2) is 14.6 Å². The van der Waals surface area contributed by atoms with Gasteiger partial charge >= 0.3 is 12.2 Å². The van der Waals surface area contributed by atoms with E-state index in [1.807, 2.05) is 17.0 Å². The van der Waals surface area contributed by atoms with Gasteiger partial charge in [0.15, 0.2) is 0 Å². The number of hydrogen-bond donors (Lipinski definition) is 1. The molecule has 268 valence electrons. The number of hydrogen-bond acceptors (Lipinski definition) is 10. The summed E-state index contributed by atoms with van der Waals surface area (Å²) in [5, 5.41) is 5.58. The number of carbonyl (C=O) groups excluding carboxylic acids is 4. The van der Waals surface area contributed by atoms with E-state index in [0.717, 1.165) is 48.9 Å². The maximum absolute atomic E-state index is 14.7. The van der Waals surface area contributed by atoms with Gasteiger partial charge < -0.3 is 24.6 Å². The lowest BCUT2D eigenvalue weighted by molar-refractivity contribution is -0.144. The van der Waals surface area contributed by atoms with Crippen molar-refractivity contribution < 1.29 is 28.7 Å². The molecule has 2 fully saturated rings. The van der Waals surface area contributed by atoms with E-state index in [1.165, 1.54) is 0 Å². The minimum Gasteiger partial charge on any atom is -0.442 e. The van der Waals surface area contributed by atoms with Gasteiger partial charge in [-0.15, -0.1) is 5.01 Å². The molecule has 14 nitrogen and oxygen atoms in total. The Morgan fingerprint density at radius 2 is 1.46 bits per heavy atom. The van der Waals surface area contributed by atoms with Crippen LogP contribution in [-0.4, -0.2) is 97.3 Å². The fourth-order valence-corrected chi connectivity index (χ4v) is 6.90. The molecular formula is C36H48N8O6. The molecule has 0 atom stereocenters. The van der Waals surface area contributed by atoms with Gasteiger partial charge in [0.2, 0.25) is 5.95 Å². The highest BCUT2D eigenvalue weighted by molar-refractivity contribution is 6.08. The molecule has 1 saturated heterocycles. The van der Waals surface area contributed by atoms with Gasteiger partial charge in [-0.3, -0.25) is 14.2 Å². The largest absolute Gasteiger partial charge is 0.442 e. The Bertz CT molecular complexity index is 1780. The molecule has 3 aliphatic rings. The zero-order chi connectivity index (χ0) is 36.0. The summed E-state index contributed by atoms with van der Waals surface area (Å²) in [7, 11) is 0. The first-order valence-corrected chi connectivity index (χ1v) is 17.5. The van der Waals surface area contributed by atoms with Crippen molar-refractivity contribution in [2.24, 2.45) is 0 Å². The third kappa shape index (κ3) is 6.85. The molecule has 1 spiro atoms. The Kier molecular flexibility index (Phi) is 9.27. The Morgan fingerprint density at radius 3 is 2.04 bits per heavy atom. The van der Waals surface area contributed by atoms with Gasteiger partial charge in [0.25, 0.3) is 11.8 Å². The lowest BCUT2D eigenvalue weighted by Crippen LogP contribution is -2.66. The molecular weight excluding hydrogens is 640 g/mol. The molecule has 1 aliphatic carbocycles. The first-order chi connectivity index (χ1) is 23.6. The van der Waals surface area contributed by atoms with Crippen LogP contribution in [0.3, 0.4) is 0 Å². The standard InChI is InChI=1S/C36H48N8O6/c1-8-40-18-20-41(21-19-40)29(45)24-12-14-26(15-13-24)38-31-37-23-25-22-27-42(28(25)39-31)36(16-10-9-11-17-36)30(46)44(33(48)50-35(5,6)7)43(27)32(47)49-34(2,3)4/h12-15,22-23H,8-11,16-21H2,1-7H3,(H,37,38,39). The van der Waals surface area contributed by atoms with E-state index in [4.69, 9.17) is 14.5 Å². The monoisotopic (exact) mass is 688 g/mol. The maximum atomic E-state index is 14.7. The zero-order valence-electron chi connectivity index (χ0n) is 30.1. The van der Waals surface area contributed by atoms with E-state index in [0.29, 0.717) is 48.2 Å². The quantitative estimate of drug-likeness (QED) is 0.345. The molecule has 6 rings (SSSR count). The number of aromatic nitrogens is 3. The number of benzene rings is 1. The van der Waals surface area contributed by atoms with Crippen molar-refractivity contribution >= 4 is 52.5 Å².